The summed E-state index contributed by atoms with van der Waals surface area (Å²) >= 11 is 12.4. The number of amides is 1. The number of nitrogens with zero attached hydrogens (tertiary/aromatic N) is 5. The Kier molecular flexibility index (Phi) is 7.94. The van der Waals surface area contributed by atoms with Gasteiger partial charge in [0.1, 0.15) is 5.82 Å². The van der Waals surface area contributed by atoms with Crippen LogP contribution >= 0.6 is 23.2 Å². The highest BCUT2D eigenvalue weighted by Crippen LogP contribution is 2.45. The number of hydrogen-bond acceptors (Lipinski definition) is 7. The Bertz CT molecular complexity index is 1940. The lowest BCUT2D eigenvalue weighted by Gasteiger charge is -2.43. The number of piperazine rings is 1. The van der Waals surface area contributed by atoms with Crippen molar-refractivity contribution in [1.29, 1.82) is 0 Å². The van der Waals surface area contributed by atoms with E-state index in [1.807, 2.05) is 25.7 Å². The Morgan fingerprint density at radius 2 is 1.96 bits per heavy atom. The Morgan fingerprint density at radius 3 is 2.67 bits per heavy atom. The number of aryl methyl sites for hydroxylation is 1. The van der Waals surface area contributed by atoms with Gasteiger partial charge in [0.05, 0.1) is 43.7 Å². The molecule has 0 radical (unpaired) electrons. The molecule has 1 unspecified atom stereocenters. The van der Waals surface area contributed by atoms with Gasteiger partial charge < -0.3 is 20.9 Å². The van der Waals surface area contributed by atoms with Crippen LogP contribution in [0.3, 0.4) is 0 Å². The van der Waals surface area contributed by atoms with Crippen LogP contribution in [0, 0.1) is 18.6 Å². The van der Waals surface area contributed by atoms with Crippen LogP contribution in [0.4, 0.5) is 26.0 Å². The van der Waals surface area contributed by atoms with Crippen LogP contribution < -0.4 is 21.6 Å². The fourth-order valence-electron chi connectivity index (χ4n) is 6.35. The number of rotatable bonds is 4. The van der Waals surface area contributed by atoms with Crippen molar-refractivity contribution in [3.63, 3.8) is 0 Å². The normalized spacial score (nSPS) is 16.3. The summed E-state index contributed by atoms with van der Waals surface area (Å²) in [5, 5.41) is 3.15. The number of carbonyl (C=O) groups is 1. The number of benzene rings is 2. The Labute approximate surface area is 268 Å². The average molecular weight is 655 g/mol. The number of halogens is 4. The summed E-state index contributed by atoms with van der Waals surface area (Å²) in [6.07, 6.45) is 3.43. The van der Waals surface area contributed by atoms with Gasteiger partial charge in [-0.05, 0) is 49.1 Å². The van der Waals surface area contributed by atoms with Crippen LogP contribution in [-0.4, -0.2) is 57.6 Å². The molecule has 2 aliphatic heterocycles. The first-order valence-electron chi connectivity index (χ1n) is 14.5. The van der Waals surface area contributed by atoms with Gasteiger partial charge in [-0.1, -0.05) is 43.6 Å². The fraction of sp³-hybridized carbons (Fsp3) is 0.312. The number of anilines is 3. The number of nitrogen functional groups attached to an aromatic ring is 1. The number of nitrogens with two attached hydrogens (primary N) is 1. The van der Waals surface area contributed by atoms with Crippen LogP contribution in [0.15, 0.2) is 41.8 Å². The highest BCUT2D eigenvalue weighted by Gasteiger charge is 2.35. The van der Waals surface area contributed by atoms with Gasteiger partial charge in [0.25, 0.3) is 0 Å². The second-order valence-corrected chi connectivity index (χ2v) is 12.4. The van der Waals surface area contributed by atoms with E-state index >= 15 is 8.78 Å². The Morgan fingerprint density at radius 1 is 1.20 bits per heavy atom. The first-order valence-corrected chi connectivity index (χ1v) is 15.3. The van der Waals surface area contributed by atoms with Gasteiger partial charge in [0.15, 0.2) is 11.6 Å². The maximum absolute atomic E-state index is 16.8. The van der Waals surface area contributed by atoms with Crippen LogP contribution in [0.1, 0.15) is 37.4 Å². The number of aromatic nitrogens is 3. The first kappa shape index (κ1) is 30.8. The molecule has 2 aromatic heterocycles. The van der Waals surface area contributed by atoms with Crippen LogP contribution in [0.5, 0.6) is 0 Å². The molecule has 1 saturated heterocycles. The molecule has 0 spiro atoms. The zero-order chi connectivity index (χ0) is 32.3. The van der Waals surface area contributed by atoms with Crippen LogP contribution in [-0.2, 0) is 4.79 Å². The molecule has 3 N–H and O–H groups in total. The third-order valence-corrected chi connectivity index (χ3v) is 9.11. The average Bonchev–Trinajstić information content (AvgIpc) is 3.00. The van der Waals surface area contributed by atoms with Gasteiger partial charge in [-0.25, -0.2) is 13.6 Å². The van der Waals surface area contributed by atoms with Crippen molar-refractivity contribution < 1.29 is 13.6 Å². The molecule has 2 aromatic carbocycles. The van der Waals surface area contributed by atoms with Crippen molar-refractivity contribution in [1.82, 2.24) is 19.4 Å². The molecule has 234 valence electrons. The molecule has 0 saturated carbocycles. The van der Waals surface area contributed by atoms with Gasteiger partial charge in [-0.2, -0.15) is 4.98 Å². The first-order chi connectivity index (χ1) is 21.4. The molecular formula is C32H31Cl2F2N7O2. The molecular weight excluding hydrogens is 623 g/mol. The van der Waals surface area contributed by atoms with Crippen molar-refractivity contribution >= 4 is 57.2 Å². The van der Waals surface area contributed by atoms with E-state index in [0.29, 0.717) is 49.4 Å². The third kappa shape index (κ3) is 4.98. The second-order valence-electron chi connectivity index (χ2n) is 11.6. The summed E-state index contributed by atoms with van der Waals surface area (Å²) in [7, 11) is 0. The smallest absolute Gasteiger partial charge is 0.354 e. The molecule has 1 atom stereocenters. The molecule has 45 heavy (non-hydrogen) atoms. The highest BCUT2D eigenvalue weighted by atomic mass is 35.5. The summed E-state index contributed by atoms with van der Waals surface area (Å²) in [5.41, 5.74) is 7.05. The number of pyridine rings is 1. The van der Waals surface area contributed by atoms with Crippen molar-refractivity contribution in [2.45, 2.75) is 39.2 Å². The number of hydrogen-bond donors (Lipinski definition) is 2. The van der Waals surface area contributed by atoms with E-state index in [2.05, 4.69) is 21.9 Å². The second kappa shape index (κ2) is 11.6. The van der Waals surface area contributed by atoms with Gasteiger partial charge in [-0.15, -0.1) is 0 Å². The minimum atomic E-state index is -0.943. The van der Waals surface area contributed by atoms with E-state index in [-0.39, 0.29) is 61.7 Å². The van der Waals surface area contributed by atoms with E-state index in [0.717, 1.165) is 11.6 Å². The quantitative estimate of drug-likeness (QED) is 0.156. The van der Waals surface area contributed by atoms with Crippen molar-refractivity contribution in [2.75, 3.05) is 42.1 Å². The fourth-order valence-corrected chi connectivity index (χ4v) is 6.81. The predicted molar refractivity (Wildman–Crippen MR) is 175 cm³/mol. The van der Waals surface area contributed by atoms with E-state index in [1.54, 1.807) is 17.2 Å². The van der Waals surface area contributed by atoms with E-state index in [9.17, 15) is 9.59 Å². The zero-order valence-corrected chi connectivity index (χ0v) is 26.4. The predicted octanol–water partition coefficient (Wildman–Crippen LogP) is 6.07. The summed E-state index contributed by atoms with van der Waals surface area (Å²) < 4.78 is 33.9. The summed E-state index contributed by atoms with van der Waals surface area (Å²) in [6.45, 7) is 10.8. The monoisotopic (exact) mass is 653 g/mol. The van der Waals surface area contributed by atoms with Gasteiger partial charge >= 0.3 is 5.69 Å². The Hall–Kier alpha value is -4.22. The Balaban J connectivity index is 1.74. The van der Waals surface area contributed by atoms with Crippen molar-refractivity contribution in [2.24, 2.45) is 0 Å². The van der Waals surface area contributed by atoms with Gasteiger partial charge in [0.2, 0.25) is 5.91 Å². The largest absolute Gasteiger partial charge is 0.397 e. The van der Waals surface area contributed by atoms with E-state index < -0.39 is 17.3 Å². The van der Waals surface area contributed by atoms with E-state index in [1.165, 1.54) is 16.7 Å². The number of fused-ring (bicyclic) bond motifs is 2. The minimum Gasteiger partial charge on any atom is -0.397 e. The molecule has 0 aliphatic carbocycles. The molecule has 4 heterocycles. The molecule has 13 heteroatoms. The maximum atomic E-state index is 16.8. The van der Waals surface area contributed by atoms with Gasteiger partial charge in [-0.3, -0.25) is 14.3 Å². The van der Waals surface area contributed by atoms with Gasteiger partial charge in [0, 0.05) is 49.5 Å². The van der Waals surface area contributed by atoms with Crippen molar-refractivity contribution in [3.05, 3.63) is 80.5 Å². The minimum absolute atomic E-state index is 0.0318. The molecule has 2 aliphatic rings. The number of carbonyl (C=O) groups excluding carboxylic acids is 1. The SMILES string of the molecule is C=CC(=O)N1CCN2c3nc(=O)n(-c4c(C)ccnc4C(C)C)c4cc(-c5c(N)c(Cl)cc(Cl)c5F)c(F)c(c34)NCCC2C1. The highest BCUT2D eigenvalue weighted by molar-refractivity contribution is 6.37. The van der Waals surface area contributed by atoms with E-state index in [4.69, 9.17) is 28.9 Å². The standard InChI is InChI=1S/C32H31Cl2F2N7O2/c1-5-22(44)41-10-11-42-17(14-41)7-9-39-29-24-21(12-18(25(29)35)23-26(36)19(33)13-20(34)27(23)37)43(32(45)40-31(24)42)30-16(4)6-8-38-28(30)15(2)3/h5-6,8,12-13,15,17,39H,1,7,9-11,14,37H2,2-4H3. The molecule has 6 rings (SSSR count). The van der Waals surface area contributed by atoms with Crippen LogP contribution in [0.2, 0.25) is 10.0 Å². The maximum Gasteiger partial charge on any atom is 0.354 e. The molecule has 9 nitrogen and oxygen atoms in total. The molecule has 0 bridgehead atoms. The topological polar surface area (TPSA) is 109 Å². The lowest BCUT2D eigenvalue weighted by atomic mass is 9.96. The lowest BCUT2D eigenvalue weighted by molar-refractivity contribution is -0.126. The summed E-state index contributed by atoms with van der Waals surface area (Å²) in [6, 6.07) is 4.12. The van der Waals surface area contributed by atoms with Crippen LogP contribution in [0.25, 0.3) is 27.7 Å². The summed E-state index contributed by atoms with van der Waals surface area (Å²) in [4.78, 5) is 39.5. The number of nitrogens with one attached hydrogen (secondary N) is 1. The van der Waals surface area contributed by atoms with Crippen molar-refractivity contribution in [3.8, 4) is 16.8 Å². The molecule has 1 amide bonds. The third-order valence-electron chi connectivity index (χ3n) is 8.52. The molecule has 4 aromatic rings. The molecule has 1 fully saturated rings. The zero-order valence-electron chi connectivity index (χ0n) is 24.9. The lowest BCUT2D eigenvalue weighted by Crippen LogP contribution is -2.56. The summed E-state index contributed by atoms with van der Waals surface area (Å²) in [5.74, 6) is -1.76.